The molecule has 0 saturated carbocycles. The monoisotopic (exact) mass is 345 g/mol. The summed E-state index contributed by atoms with van der Waals surface area (Å²) in [7, 11) is 0. The van der Waals surface area contributed by atoms with Crippen LogP contribution in [-0.2, 0) is 0 Å². The van der Waals surface area contributed by atoms with Crippen LogP contribution >= 0.6 is 0 Å². The molecule has 1 fully saturated rings. The summed E-state index contributed by atoms with van der Waals surface area (Å²) in [5.74, 6) is 2.36. The normalized spacial score (nSPS) is 16.9. The van der Waals surface area contributed by atoms with Gasteiger partial charge in [-0.3, -0.25) is 0 Å². The van der Waals surface area contributed by atoms with E-state index in [2.05, 4.69) is 6.19 Å². The third-order valence-electron chi connectivity index (χ3n) is 4.57. The number of benzene rings is 2. The molecule has 1 saturated heterocycles. The largest absolute Gasteiger partial charge is 0.457 e. The molecule has 0 spiro atoms. The summed E-state index contributed by atoms with van der Waals surface area (Å²) in [5, 5.41) is 9.12. The minimum Gasteiger partial charge on any atom is -0.457 e. The van der Waals surface area contributed by atoms with Crippen LogP contribution in [-0.4, -0.2) is 23.0 Å². The first-order valence-electron chi connectivity index (χ1n) is 8.76. The van der Waals surface area contributed by atoms with Crippen molar-refractivity contribution >= 4 is 0 Å². The minimum absolute atomic E-state index is 0.152. The topological polar surface area (TPSA) is 62.3 Å². The molecule has 1 aliphatic rings. The molecule has 1 aliphatic heterocycles. The Morgan fingerprint density at radius 3 is 2.77 bits per heavy atom. The molecular formula is C21H19N3O2. The van der Waals surface area contributed by atoms with E-state index < -0.39 is 0 Å². The molecular weight excluding hydrogens is 326 g/mol. The molecule has 0 radical (unpaired) electrons. The SMILES string of the molecule is N#CN1CCCC(c2nc(-c3ccccc3Oc3ccccc3)co2)C1. The molecule has 1 atom stereocenters. The minimum atomic E-state index is 0.152. The fourth-order valence-corrected chi connectivity index (χ4v) is 3.25. The van der Waals surface area contributed by atoms with Crippen molar-refractivity contribution in [1.82, 2.24) is 9.88 Å². The first-order valence-corrected chi connectivity index (χ1v) is 8.76. The second kappa shape index (κ2) is 7.32. The number of nitrogens with zero attached hydrogens (tertiary/aromatic N) is 3. The van der Waals surface area contributed by atoms with Gasteiger partial charge in [0.05, 0.1) is 5.92 Å². The average Bonchev–Trinajstić information content (AvgIpc) is 3.19. The van der Waals surface area contributed by atoms with Crippen molar-refractivity contribution in [2.45, 2.75) is 18.8 Å². The summed E-state index contributed by atoms with van der Waals surface area (Å²) in [6.07, 6.45) is 5.86. The maximum atomic E-state index is 9.12. The van der Waals surface area contributed by atoms with Crippen LogP contribution < -0.4 is 4.74 Å². The highest BCUT2D eigenvalue weighted by Gasteiger charge is 2.25. The average molecular weight is 345 g/mol. The van der Waals surface area contributed by atoms with Gasteiger partial charge in [-0.1, -0.05) is 30.3 Å². The highest BCUT2D eigenvalue weighted by molar-refractivity contribution is 5.67. The quantitative estimate of drug-likeness (QED) is 0.636. The van der Waals surface area contributed by atoms with E-state index in [0.717, 1.165) is 42.1 Å². The molecule has 0 N–H and O–H groups in total. The van der Waals surface area contributed by atoms with Crippen molar-refractivity contribution in [3.05, 3.63) is 66.8 Å². The van der Waals surface area contributed by atoms with Gasteiger partial charge in [-0.2, -0.15) is 5.26 Å². The van der Waals surface area contributed by atoms with Gasteiger partial charge in [0.25, 0.3) is 0 Å². The van der Waals surface area contributed by atoms with Crippen LogP contribution in [0.4, 0.5) is 0 Å². The highest BCUT2D eigenvalue weighted by atomic mass is 16.5. The second-order valence-electron chi connectivity index (χ2n) is 6.37. The summed E-state index contributed by atoms with van der Waals surface area (Å²) < 4.78 is 11.8. The van der Waals surface area contributed by atoms with Crippen LogP contribution in [0, 0.1) is 11.5 Å². The van der Waals surface area contributed by atoms with Crippen molar-refractivity contribution < 1.29 is 9.15 Å². The predicted molar refractivity (Wildman–Crippen MR) is 97.6 cm³/mol. The summed E-state index contributed by atoms with van der Waals surface area (Å²) in [6, 6.07) is 17.5. The molecule has 130 valence electrons. The van der Waals surface area contributed by atoms with Crippen LogP contribution in [0.25, 0.3) is 11.3 Å². The lowest BCUT2D eigenvalue weighted by Crippen LogP contribution is -2.30. The van der Waals surface area contributed by atoms with Crippen molar-refractivity contribution in [3.8, 4) is 28.9 Å². The molecule has 2 aromatic carbocycles. The van der Waals surface area contributed by atoms with E-state index in [4.69, 9.17) is 19.4 Å². The Hall–Kier alpha value is -3.26. The molecule has 0 bridgehead atoms. The first kappa shape index (κ1) is 16.2. The molecule has 0 amide bonds. The van der Waals surface area contributed by atoms with E-state index in [1.165, 1.54) is 0 Å². The number of hydrogen-bond acceptors (Lipinski definition) is 5. The van der Waals surface area contributed by atoms with Gasteiger partial charge in [0, 0.05) is 18.7 Å². The van der Waals surface area contributed by atoms with Crippen LogP contribution in [0.15, 0.2) is 65.3 Å². The Kier molecular flexibility index (Phi) is 4.57. The highest BCUT2D eigenvalue weighted by Crippen LogP contribution is 2.34. The number of likely N-dealkylation sites (tertiary alicyclic amines) is 1. The summed E-state index contributed by atoms with van der Waals surface area (Å²) in [4.78, 5) is 6.46. The number of ether oxygens (including phenoxy) is 1. The smallest absolute Gasteiger partial charge is 0.199 e. The van der Waals surface area contributed by atoms with E-state index in [9.17, 15) is 0 Å². The van der Waals surface area contributed by atoms with Gasteiger partial charge >= 0.3 is 0 Å². The lowest BCUT2D eigenvalue weighted by atomic mass is 9.98. The van der Waals surface area contributed by atoms with Crippen LogP contribution in [0.1, 0.15) is 24.7 Å². The zero-order chi connectivity index (χ0) is 17.8. The Morgan fingerprint density at radius 1 is 1.12 bits per heavy atom. The molecule has 5 heteroatoms. The van der Waals surface area contributed by atoms with Crippen LogP contribution in [0.5, 0.6) is 11.5 Å². The summed E-state index contributed by atoms with van der Waals surface area (Å²) in [6.45, 7) is 1.48. The maximum Gasteiger partial charge on any atom is 0.199 e. The lowest BCUT2D eigenvalue weighted by Gasteiger charge is -2.26. The molecule has 3 aromatic rings. The zero-order valence-corrected chi connectivity index (χ0v) is 14.3. The Labute approximate surface area is 152 Å². The van der Waals surface area contributed by atoms with Gasteiger partial charge < -0.3 is 14.1 Å². The van der Waals surface area contributed by atoms with Crippen molar-refractivity contribution in [1.29, 1.82) is 5.26 Å². The predicted octanol–water partition coefficient (Wildman–Crippen LogP) is 4.79. The van der Waals surface area contributed by atoms with E-state index in [0.29, 0.717) is 12.4 Å². The number of para-hydroxylation sites is 2. The van der Waals surface area contributed by atoms with Crippen LogP contribution in [0.2, 0.25) is 0 Å². The summed E-state index contributed by atoms with van der Waals surface area (Å²) >= 11 is 0. The fraction of sp³-hybridized carbons (Fsp3) is 0.238. The molecule has 1 aromatic heterocycles. The molecule has 1 unspecified atom stereocenters. The van der Waals surface area contributed by atoms with E-state index in [1.807, 2.05) is 54.6 Å². The van der Waals surface area contributed by atoms with E-state index in [-0.39, 0.29) is 5.92 Å². The molecule has 2 heterocycles. The number of oxazole rings is 1. The fourth-order valence-electron chi connectivity index (χ4n) is 3.25. The number of rotatable bonds is 4. The Bertz CT molecular complexity index is 914. The van der Waals surface area contributed by atoms with Gasteiger partial charge in [0.2, 0.25) is 0 Å². The molecule has 26 heavy (non-hydrogen) atoms. The Balaban J connectivity index is 1.59. The van der Waals surface area contributed by atoms with Crippen LogP contribution in [0.3, 0.4) is 0 Å². The number of nitriles is 1. The second-order valence-corrected chi connectivity index (χ2v) is 6.37. The number of aromatic nitrogens is 1. The Morgan fingerprint density at radius 2 is 1.92 bits per heavy atom. The van der Waals surface area contributed by atoms with Gasteiger partial charge in [0.1, 0.15) is 23.5 Å². The van der Waals surface area contributed by atoms with Crippen molar-refractivity contribution in [2.24, 2.45) is 0 Å². The van der Waals surface area contributed by atoms with Gasteiger partial charge in [0.15, 0.2) is 12.1 Å². The van der Waals surface area contributed by atoms with Crippen molar-refractivity contribution in [2.75, 3.05) is 13.1 Å². The van der Waals surface area contributed by atoms with Gasteiger partial charge in [-0.25, -0.2) is 4.98 Å². The third-order valence-corrected chi connectivity index (χ3v) is 4.57. The van der Waals surface area contributed by atoms with Crippen molar-refractivity contribution in [3.63, 3.8) is 0 Å². The number of hydrogen-bond donors (Lipinski definition) is 0. The first-order chi connectivity index (χ1) is 12.8. The van der Waals surface area contributed by atoms with Gasteiger partial charge in [-0.15, -0.1) is 0 Å². The molecule has 0 aliphatic carbocycles. The standard InChI is InChI=1S/C21H19N3O2/c22-15-24-12-6-7-16(13-24)21-23-19(14-25-21)18-10-4-5-11-20(18)26-17-8-2-1-3-9-17/h1-5,8-11,14,16H,6-7,12-13H2. The van der Waals surface area contributed by atoms with E-state index in [1.54, 1.807) is 11.2 Å². The summed E-state index contributed by atoms with van der Waals surface area (Å²) in [5.41, 5.74) is 1.64. The third kappa shape index (κ3) is 3.40. The van der Waals surface area contributed by atoms with Gasteiger partial charge in [-0.05, 0) is 37.1 Å². The zero-order valence-electron chi connectivity index (χ0n) is 14.3. The lowest BCUT2D eigenvalue weighted by molar-refractivity contribution is 0.263. The number of piperidine rings is 1. The van der Waals surface area contributed by atoms with E-state index >= 15 is 0 Å². The maximum absolute atomic E-state index is 9.12. The molecule has 4 rings (SSSR count). The molecule has 5 nitrogen and oxygen atoms in total.